The van der Waals surface area contributed by atoms with Gasteiger partial charge in [-0.3, -0.25) is 19.1 Å². The number of halogens is 3. The molecule has 8 nitrogen and oxygen atoms in total. The van der Waals surface area contributed by atoms with Crippen LogP contribution in [0.5, 0.6) is 0 Å². The number of primary amides is 1. The molecule has 2 aromatic carbocycles. The lowest BCUT2D eigenvalue weighted by atomic mass is 10.0. The number of hydrogen-bond acceptors (Lipinski definition) is 5. The number of thiophene rings is 1. The molecule has 2 aromatic heterocycles. The van der Waals surface area contributed by atoms with E-state index in [1.807, 2.05) is 6.92 Å². The molecule has 1 aliphatic rings. The summed E-state index contributed by atoms with van der Waals surface area (Å²) in [5.74, 6) is -3.61. The van der Waals surface area contributed by atoms with Crippen molar-refractivity contribution in [3.05, 3.63) is 70.7 Å². The van der Waals surface area contributed by atoms with Crippen LogP contribution in [0.1, 0.15) is 21.8 Å². The monoisotopic (exact) mass is 541 g/mol. The van der Waals surface area contributed by atoms with Gasteiger partial charge in [-0.15, -0.1) is 11.3 Å². The largest absolute Gasteiger partial charge is 0.364 e. The summed E-state index contributed by atoms with van der Waals surface area (Å²) in [7, 11) is 0. The summed E-state index contributed by atoms with van der Waals surface area (Å²) in [6.07, 6.45) is -1.74. The Bertz CT molecular complexity index is 1580. The maximum atomic E-state index is 15.2. The number of rotatable bonds is 6. The lowest BCUT2D eigenvalue weighted by Crippen LogP contribution is -2.44. The van der Waals surface area contributed by atoms with Crippen molar-refractivity contribution < 1.29 is 27.6 Å². The van der Waals surface area contributed by atoms with Crippen LogP contribution in [0.25, 0.3) is 21.3 Å². The van der Waals surface area contributed by atoms with Gasteiger partial charge in [0.25, 0.3) is 5.91 Å². The van der Waals surface area contributed by atoms with Crippen molar-refractivity contribution in [1.29, 1.82) is 0 Å². The fourth-order valence-corrected chi connectivity index (χ4v) is 5.62. The van der Waals surface area contributed by atoms with E-state index >= 15 is 4.39 Å². The van der Waals surface area contributed by atoms with Gasteiger partial charge in [-0.25, -0.2) is 13.2 Å². The average molecular weight is 542 g/mol. The van der Waals surface area contributed by atoms with E-state index in [4.69, 9.17) is 5.73 Å². The molecule has 0 aliphatic carbocycles. The van der Waals surface area contributed by atoms with E-state index in [1.165, 1.54) is 52.4 Å². The number of nitrogens with zero attached hydrogens (tertiary/aromatic N) is 3. The predicted molar refractivity (Wildman–Crippen MR) is 136 cm³/mol. The number of nitrogens with two attached hydrogens (primary N) is 1. The first-order valence-corrected chi connectivity index (χ1v) is 12.5. The van der Waals surface area contributed by atoms with E-state index in [0.29, 0.717) is 10.2 Å². The third kappa shape index (κ3) is 4.62. The molecule has 0 bridgehead atoms. The number of carbonyl (C=O) groups is 3. The van der Waals surface area contributed by atoms with Crippen LogP contribution in [0, 0.1) is 18.6 Å². The van der Waals surface area contributed by atoms with Crippen LogP contribution in [0.15, 0.2) is 48.5 Å². The molecule has 1 aliphatic heterocycles. The third-order valence-corrected chi connectivity index (χ3v) is 7.41. The summed E-state index contributed by atoms with van der Waals surface area (Å²) in [6.45, 7) is 1.15. The van der Waals surface area contributed by atoms with Gasteiger partial charge < -0.3 is 16.0 Å². The van der Waals surface area contributed by atoms with E-state index < -0.39 is 41.6 Å². The number of hydrogen-bond donors (Lipinski definition) is 2. The second-order valence-corrected chi connectivity index (χ2v) is 10.2. The number of carbonyl (C=O) groups excluding carboxylic acids is 3. The molecule has 196 valence electrons. The van der Waals surface area contributed by atoms with E-state index in [9.17, 15) is 23.2 Å². The molecule has 5 rings (SSSR count). The Labute approximate surface area is 218 Å². The molecule has 1 saturated heterocycles. The Kier molecular flexibility index (Phi) is 6.66. The first-order valence-electron chi connectivity index (χ1n) is 11.7. The summed E-state index contributed by atoms with van der Waals surface area (Å²) in [5.41, 5.74) is 5.71. The highest BCUT2D eigenvalue weighted by atomic mass is 32.1. The molecule has 3 amide bonds. The predicted octanol–water partition coefficient (Wildman–Crippen LogP) is 4.03. The van der Waals surface area contributed by atoms with Crippen molar-refractivity contribution in [3.8, 4) is 11.1 Å². The van der Waals surface area contributed by atoms with Crippen molar-refractivity contribution in [1.82, 2.24) is 14.7 Å². The quantitative estimate of drug-likeness (QED) is 0.384. The number of fused-ring (bicyclic) bond motifs is 1. The highest BCUT2D eigenvalue weighted by Gasteiger charge is 2.40. The van der Waals surface area contributed by atoms with Gasteiger partial charge in [0.1, 0.15) is 24.6 Å². The Morgan fingerprint density at radius 1 is 1.13 bits per heavy atom. The zero-order chi connectivity index (χ0) is 27.1. The molecule has 0 saturated carbocycles. The van der Waals surface area contributed by atoms with Crippen LogP contribution < -0.4 is 11.1 Å². The fraction of sp³-hybridized carbons (Fsp3) is 0.231. The normalized spacial score (nSPS) is 17.2. The first-order chi connectivity index (χ1) is 18.1. The molecular formula is C26H22F3N5O3S. The molecule has 12 heteroatoms. The zero-order valence-corrected chi connectivity index (χ0v) is 20.9. The lowest BCUT2D eigenvalue weighted by Gasteiger charge is -2.24. The number of amides is 3. The standard InChI is InChI=1S/C26H22F3N5O3S/c1-13-9-19-24(38-13)23(25(30)36)32-34(19)12-21(35)33-11-14(27)10-20(33)26(37)31-18-8-4-6-16(22(18)29)15-5-2-3-7-17(15)28/h2-9,14,20H,10-12H2,1H3,(H2,30,36)(H,31,37)/t14-,20+/m1/s1. The molecule has 4 aromatic rings. The Hall–Kier alpha value is -4.19. The van der Waals surface area contributed by atoms with Gasteiger partial charge in [-0.1, -0.05) is 30.3 Å². The Morgan fingerprint density at radius 2 is 1.87 bits per heavy atom. The molecule has 3 N–H and O–H groups in total. The third-order valence-electron chi connectivity index (χ3n) is 6.36. The number of likely N-dealkylation sites (tertiary alicyclic amines) is 1. The SMILES string of the molecule is Cc1cc2c(s1)c(C(N)=O)nn2CC(=O)N1C[C@H](F)C[C@H]1C(=O)Nc1cccc(-c2ccccc2F)c1F. The molecule has 1 fully saturated rings. The molecule has 2 atom stereocenters. The van der Waals surface area contributed by atoms with Crippen LogP contribution in [0.2, 0.25) is 0 Å². The highest BCUT2D eigenvalue weighted by Crippen LogP contribution is 2.31. The number of nitrogens with one attached hydrogen (secondary N) is 1. The first kappa shape index (κ1) is 25.5. The summed E-state index contributed by atoms with van der Waals surface area (Å²) in [4.78, 5) is 40.1. The number of aryl methyl sites for hydroxylation is 1. The van der Waals surface area contributed by atoms with E-state index in [-0.39, 0.29) is 42.0 Å². The van der Waals surface area contributed by atoms with Gasteiger partial charge in [-0.2, -0.15) is 5.10 Å². The van der Waals surface area contributed by atoms with Crippen LogP contribution in [0.3, 0.4) is 0 Å². The number of anilines is 1. The van der Waals surface area contributed by atoms with E-state index in [2.05, 4.69) is 10.4 Å². The highest BCUT2D eigenvalue weighted by molar-refractivity contribution is 7.19. The second-order valence-electron chi connectivity index (χ2n) is 8.97. The molecule has 0 unspecified atom stereocenters. The van der Waals surface area contributed by atoms with Crippen LogP contribution >= 0.6 is 11.3 Å². The van der Waals surface area contributed by atoms with Crippen LogP contribution in [0.4, 0.5) is 18.9 Å². The van der Waals surface area contributed by atoms with Crippen molar-refractivity contribution in [2.45, 2.75) is 32.1 Å². The Balaban J connectivity index is 1.37. The van der Waals surface area contributed by atoms with E-state index in [1.54, 1.807) is 12.1 Å². The van der Waals surface area contributed by atoms with Crippen molar-refractivity contribution in [2.75, 3.05) is 11.9 Å². The minimum Gasteiger partial charge on any atom is -0.364 e. The molecule has 0 radical (unpaired) electrons. The number of benzene rings is 2. The Morgan fingerprint density at radius 3 is 2.61 bits per heavy atom. The fourth-order valence-electron chi connectivity index (χ4n) is 4.62. The van der Waals surface area contributed by atoms with Gasteiger partial charge in [0.15, 0.2) is 11.5 Å². The maximum absolute atomic E-state index is 15.2. The van der Waals surface area contributed by atoms with Crippen molar-refractivity contribution >= 4 is 45.0 Å². The average Bonchev–Trinajstić information content (AvgIpc) is 3.54. The number of alkyl halides is 1. The van der Waals surface area contributed by atoms with E-state index in [0.717, 1.165) is 9.78 Å². The number of aromatic nitrogens is 2. The molecule has 38 heavy (non-hydrogen) atoms. The minimum absolute atomic E-state index is 0.0205. The summed E-state index contributed by atoms with van der Waals surface area (Å²) in [6, 6.07) is 10.3. The lowest BCUT2D eigenvalue weighted by molar-refractivity contribution is -0.137. The van der Waals surface area contributed by atoms with Gasteiger partial charge >= 0.3 is 0 Å². The smallest absolute Gasteiger partial charge is 0.270 e. The summed E-state index contributed by atoms with van der Waals surface area (Å²) >= 11 is 1.30. The minimum atomic E-state index is -1.47. The van der Waals surface area contributed by atoms with Gasteiger partial charge in [-0.05, 0) is 25.1 Å². The van der Waals surface area contributed by atoms with Crippen LogP contribution in [-0.2, 0) is 16.1 Å². The molecule has 3 heterocycles. The maximum Gasteiger partial charge on any atom is 0.270 e. The topological polar surface area (TPSA) is 110 Å². The van der Waals surface area contributed by atoms with Crippen molar-refractivity contribution in [3.63, 3.8) is 0 Å². The summed E-state index contributed by atoms with van der Waals surface area (Å²) < 4.78 is 45.7. The summed E-state index contributed by atoms with van der Waals surface area (Å²) in [5, 5.41) is 6.57. The zero-order valence-electron chi connectivity index (χ0n) is 20.1. The van der Waals surface area contributed by atoms with Gasteiger partial charge in [0.2, 0.25) is 11.8 Å². The molecule has 0 spiro atoms. The van der Waals surface area contributed by atoms with Gasteiger partial charge in [0.05, 0.1) is 22.4 Å². The van der Waals surface area contributed by atoms with Crippen molar-refractivity contribution in [2.24, 2.45) is 5.73 Å². The molecular weight excluding hydrogens is 519 g/mol. The second kappa shape index (κ2) is 9.93. The van der Waals surface area contributed by atoms with Gasteiger partial charge in [0, 0.05) is 22.4 Å². The van der Waals surface area contributed by atoms with Crippen LogP contribution in [-0.4, -0.2) is 51.2 Å².